The molecule has 2 aliphatic heterocycles. The average Bonchev–Trinajstić information content (AvgIpc) is 2.94. The van der Waals surface area contributed by atoms with E-state index in [1.165, 1.54) is 24.0 Å². The lowest BCUT2D eigenvalue weighted by atomic mass is 9.89. The van der Waals surface area contributed by atoms with Crippen LogP contribution in [0.3, 0.4) is 0 Å². The summed E-state index contributed by atoms with van der Waals surface area (Å²) >= 11 is 0. The molecule has 3 rings (SSSR count). The molecule has 1 amide bonds. The lowest BCUT2D eigenvalue weighted by molar-refractivity contribution is -0.119. The predicted molar refractivity (Wildman–Crippen MR) is 78.3 cm³/mol. The molecule has 1 aromatic carbocycles. The first-order valence-electron chi connectivity index (χ1n) is 7.77. The molecule has 1 aromatic rings. The van der Waals surface area contributed by atoms with Gasteiger partial charge >= 0.3 is 0 Å². The summed E-state index contributed by atoms with van der Waals surface area (Å²) in [6.45, 7) is 3.14. The summed E-state index contributed by atoms with van der Waals surface area (Å²) in [6, 6.07) is 8.83. The van der Waals surface area contributed by atoms with Crippen LogP contribution in [0.4, 0.5) is 0 Å². The van der Waals surface area contributed by atoms with E-state index in [2.05, 4.69) is 36.5 Å². The lowest BCUT2D eigenvalue weighted by Crippen LogP contribution is -2.20. The molecule has 3 unspecified atom stereocenters. The Morgan fingerprint density at radius 3 is 2.60 bits per heavy atom. The summed E-state index contributed by atoms with van der Waals surface area (Å²) in [5.41, 5.74) is 2.48. The zero-order chi connectivity index (χ0) is 13.9. The lowest BCUT2D eigenvalue weighted by Gasteiger charge is -2.29. The third kappa shape index (κ3) is 2.88. The minimum Gasteiger partial charge on any atom is -0.374 e. The summed E-state index contributed by atoms with van der Waals surface area (Å²) in [5.74, 6) is 0.961. The maximum Gasteiger partial charge on any atom is 0.220 e. The number of rotatable bonds is 3. The maximum atomic E-state index is 11.3. The molecule has 2 heterocycles. The van der Waals surface area contributed by atoms with E-state index in [0.717, 1.165) is 25.4 Å². The van der Waals surface area contributed by atoms with Crippen molar-refractivity contribution in [3.8, 4) is 0 Å². The van der Waals surface area contributed by atoms with Crippen LogP contribution in [-0.2, 0) is 9.53 Å². The van der Waals surface area contributed by atoms with E-state index < -0.39 is 0 Å². The van der Waals surface area contributed by atoms with Crippen LogP contribution in [0.1, 0.15) is 62.3 Å². The van der Waals surface area contributed by atoms with Gasteiger partial charge in [-0.1, -0.05) is 37.6 Å². The summed E-state index contributed by atoms with van der Waals surface area (Å²) in [4.78, 5) is 11.3. The maximum absolute atomic E-state index is 11.3. The van der Waals surface area contributed by atoms with E-state index in [1.807, 2.05) is 0 Å². The first-order chi connectivity index (χ1) is 9.76. The fourth-order valence-electron chi connectivity index (χ4n) is 3.28. The Bertz CT molecular complexity index is 468. The topological polar surface area (TPSA) is 38.3 Å². The first-order valence-corrected chi connectivity index (χ1v) is 7.77. The number of hydrogen-bond donors (Lipinski definition) is 1. The summed E-state index contributed by atoms with van der Waals surface area (Å²) in [7, 11) is 0. The van der Waals surface area contributed by atoms with Crippen LogP contribution in [0.15, 0.2) is 24.3 Å². The molecule has 0 aromatic heterocycles. The second-order valence-electron chi connectivity index (χ2n) is 5.98. The Balaban J connectivity index is 1.68. The largest absolute Gasteiger partial charge is 0.374 e. The number of ether oxygens (including phenoxy) is 1. The zero-order valence-corrected chi connectivity index (χ0v) is 12.1. The van der Waals surface area contributed by atoms with Crippen molar-refractivity contribution in [3.63, 3.8) is 0 Å². The van der Waals surface area contributed by atoms with Crippen molar-refractivity contribution >= 4 is 5.91 Å². The third-order valence-corrected chi connectivity index (χ3v) is 4.68. The molecule has 3 nitrogen and oxygen atoms in total. The van der Waals surface area contributed by atoms with E-state index in [9.17, 15) is 4.79 Å². The van der Waals surface area contributed by atoms with Crippen LogP contribution >= 0.6 is 0 Å². The van der Waals surface area contributed by atoms with Gasteiger partial charge in [-0.05, 0) is 36.3 Å². The van der Waals surface area contributed by atoms with E-state index in [-0.39, 0.29) is 18.1 Å². The average molecular weight is 273 g/mol. The van der Waals surface area contributed by atoms with Crippen molar-refractivity contribution in [2.75, 3.05) is 6.61 Å². The molecule has 3 atom stereocenters. The molecule has 20 heavy (non-hydrogen) atoms. The molecule has 0 aliphatic carbocycles. The Hall–Kier alpha value is -1.35. The number of carbonyl (C=O) groups excluding carboxylic acids is 1. The van der Waals surface area contributed by atoms with Gasteiger partial charge in [-0.25, -0.2) is 0 Å². The summed E-state index contributed by atoms with van der Waals surface area (Å²) in [5, 5.41) is 3.02. The fraction of sp³-hybridized carbons (Fsp3) is 0.588. The minimum atomic E-state index is 0.167. The summed E-state index contributed by atoms with van der Waals surface area (Å²) in [6.07, 6.45) is 5.38. The second-order valence-corrected chi connectivity index (χ2v) is 5.98. The first kappa shape index (κ1) is 13.6. The third-order valence-electron chi connectivity index (χ3n) is 4.68. The summed E-state index contributed by atoms with van der Waals surface area (Å²) < 4.78 is 5.91. The predicted octanol–water partition coefficient (Wildman–Crippen LogP) is 3.52. The Morgan fingerprint density at radius 2 is 1.95 bits per heavy atom. The smallest absolute Gasteiger partial charge is 0.220 e. The highest BCUT2D eigenvalue weighted by molar-refractivity contribution is 5.78. The normalized spacial score (nSPS) is 30.2. The van der Waals surface area contributed by atoms with Crippen LogP contribution < -0.4 is 5.32 Å². The molecule has 2 aliphatic rings. The van der Waals surface area contributed by atoms with Crippen LogP contribution in [-0.4, -0.2) is 12.5 Å². The molecule has 3 heteroatoms. The van der Waals surface area contributed by atoms with Gasteiger partial charge in [0.2, 0.25) is 5.91 Å². The monoisotopic (exact) mass is 273 g/mol. The molecule has 0 bridgehead atoms. The van der Waals surface area contributed by atoms with Crippen molar-refractivity contribution in [3.05, 3.63) is 35.4 Å². The molecule has 0 spiro atoms. The standard InChI is InChI=1S/C17H23NO2/c1-2-12-9-10-20-16(11-12)14-5-3-13(4-6-14)15-7-8-17(19)18-15/h3-6,12,15-16H,2,7-11H2,1H3,(H,18,19). The molecule has 1 N–H and O–H groups in total. The second kappa shape index (κ2) is 5.96. The van der Waals surface area contributed by atoms with Gasteiger partial charge in [0.25, 0.3) is 0 Å². The van der Waals surface area contributed by atoms with E-state index in [0.29, 0.717) is 6.42 Å². The van der Waals surface area contributed by atoms with Gasteiger partial charge in [-0.2, -0.15) is 0 Å². The van der Waals surface area contributed by atoms with Crippen LogP contribution in [0, 0.1) is 5.92 Å². The molecular weight excluding hydrogens is 250 g/mol. The molecular formula is C17H23NO2. The molecule has 108 valence electrons. The Labute approximate surface area is 120 Å². The quantitative estimate of drug-likeness (QED) is 0.915. The highest BCUT2D eigenvalue weighted by Gasteiger charge is 2.24. The number of benzene rings is 1. The van der Waals surface area contributed by atoms with Gasteiger partial charge in [0.05, 0.1) is 12.1 Å². The van der Waals surface area contributed by atoms with Gasteiger partial charge in [0, 0.05) is 13.0 Å². The van der Waals surface area contributed by atoms with Gasteiger partial charge in [-0.3, -0.25) is 4.79 Å². The highest BCUT2D eigenvalue weighted by Crippen LogP contribution is 2.34. The van der Waals surface area contributed by atoms with Crippen molar-refractivity contribution in [2.45, 2.75) is 51.2 Å². The van der Waals surface area contributed by atoms with Crippen molar-refractivity contribution < 1.29 is 9.53 Å². The highest BCUT2D eigenvalue weighted by atomic mass is 16.5. The van der Waals surface area contributed by atoms with E-state index in [4.69, 9.17) is 4.74 Å². The molecule has 0 radical (unpaired) electrons. The van der Waals surface area contributed by atoms with Crippen LogP contribution in [0.2, 0.25) is 0 Å². The van der Waals surface area contributed by atoms with Crippen LogP contribution in [0.25, 0.3) is 0 Å². The van der Waals surface area contributed by atoms with Gasteiger partial charge in [0.1, 0.15) is 0 Å². The van der Waals surface area contributed by atoms with Gasteiger partial charge < -0.3 is 10.1 Å². The number of amides is 1. The molecule has 0 saturated carbocycles. The minimum absolute atomic E-state index is 0.167. The Kier molecular flexibility index (Phi) is 4.06. The van der Waals surface area contributed by atoms with Crippen molar-refractivity contribution in [1.29, 1.82) is 0 Å². The SMILES string of the molecule is CCC1CCOC(c2ccc(C3CCC(=O)N3)cc2)C1. The van der Waals surface area contributed by atoms with Crippen molar-refractivity contribution in [1.82, 2.24) is 5.32 Å². The number of nitrogens with one attached hydrogen (secondary N) is 1. The molecule has 2 saturated heterocycles. The van der Waals surface area contributed by atoms with E-state index in [1.54, 1.807) is 0 Å². The zero-order valence-electron chi connectivity index (χ0n) is 12.1. The van der Waals surface area contributed by atoms with Gasteiger partial charge in [0.15, 0.2) is 0 Å². The number of carbonyl (C=O) groups is 1. The van der Waals surface area contributed by atoms with Crippen molar-refractivity contribution in [2.24, 2.45) is 5.92 Å². The fourth-order valence-corrected chi connectivity index (χ4v) is 3.28. The van der Waals surface area contributed by atoms with Gasteiger partial charge in [-0.15, -0.1) is 0 Å². The number of hydrogen-bond acceptors (Lipinski definition) is 2. The molecule has 2 fully saturated rings. The Morgan fingerprint density at radius 1 is 1.20 bits per heavy atom. The van der Waals surface area contributed by atoms with Crippen LogP contribution in [0.5, 0.6) is 0 Å². The van der Waals surface area contributed by atoms with E-state index >= 15 is 0 Å².